The monoisotopic (exact) mass is 186 g/mol. The van der Waals surface area contributed by atoms with Gasteiger partial charge in [0.1, 0.15) is 0 Å². The van der Waals surface area contributed by atoms with Crippen LogP contribution >= 0.6 is 0 Å². The van der Waals surface area contributed by atoms with Crippen molar-refractivity contribution in [2.45, 2.75) is 12.8 Å². The summed E-state index contributed by atoms with van der Waals surface area (Å²) in [6.07, 6.45) is 1.11. The van der Waals surface area contributed by atoms with E-state index in [1.807, 2.05) is 0 Å². The summed E-state index contributed by atoms with van der Waals surface area (Å²) in [6.45, 7) is 0.187. The normalized spacial score (nSPS) is 16.6. The molecular formula is C4H10O4S2. The molecule has 0 amide bonds. The summed E-state index contributed by atoms with van der Waals surface area (Å²) in [6, 6.07) is 0. The Morgan fingerprint density at radius 3 is 2.50 bits per heavy atom. The zero-order valence-corrected chi connectivity index (χ0v) is 6.99. The Hall–Kier alpha value is 0.250. The van der Waals surface area contributed by atoms with E-state index >= 15 is 0 Å². The van der Waals surface area contributed by atoms with E-state index in [-0.39, 0.29) is 13.2 Å². The molecule has 0 aliphatic rings. The molecule has 0 radical (unpaired) electrons. The fourth-order valence-electron chi connectivity index (χ4n) is 0.378. The summed E-state index contributed by atoms with van der Waals surface area (Å²) in [4.78, 5) is 0. The molecule has 4 nitrogen and oxygen atoms in total. The first-order valence-corrected chi connectivity index (χ1v) is 5.15. The van der Waals surface area contributed by atoms with Crippen LogP contribution in [0, 0.1) is 0 Å². The third kappa shape index (κ3) is 8.25. The van der Waals surface area contributed by atoms with Gasteiger partial charge in [-0.05, 0) is 12.8 Å². The molecule has 0 rings (SSSR count). The molecule has 0 aromatic carbocycles. The van der Waals surface area contributed by atoms with Crippen LogP contribution in [-0.2, 0) is 24.4 Å². The molecule has 0 heterocycles. The van der Waals surface area contributed by atoms with E-state index in [0.717, 1.165) is 0 Å². The molecule has 0 aliphatic heterocycles. The van der Waals surface area contributed by atoms with E-state index in [4.69, 9.17) is 9.66 Å². The SMILES string of the molecule is O=S(O)(=S)OCCCCO. The second kappa shape index (κ2) is 4.97. The summed E-state index contributed by atoms with van der Waals surface area (Å²) in [5, 5.41) is 8.28. The zero-order chi connectivity index (χ0) is 8.04. The standard InChI is InChI=1S/C4H10O4S2/c5-3-1-2-4-8-10(6,7)9/h5H,1-4H2,(H,6,7,9). The van der Waals surface area contributed by atoms with Crippen molar-refractivity contribution in [2.75, 3.05) is 13.2 Å². The van der Waals surface area contributed by atoms with E-state index in [1.165, 1.54) is 0 Å². The zero-order valence-electron chi connectivity index (χ0n) is 5.36. The lowest BCUT2D eigenvalue weighted by Crippen LogP contribution is -2.03. The van der Waals surface area contributed by atoms with Crippen molar-refractivity contribution >= 4 is 20.2 Å². The Morgan fingerprint density at radius 1 is 1.50 bits per heavy atom. The van der Waals surface area contributed by atoms with Gasteiger partial charge in [-0.25, -0.2) is 0 Å². The van der Waals surface area contributed by atoms with Gasteiger partial charge in [0.05, 0.1) is 6.61 Å². The minimum atomic E-state index is -3.45. The summed E-state index contributed by atoms with van der Waals surface area (Å²) in [5.74, 6) is 0. The second-order valence-electron chi connectivity index (χ2n) is 1.68. The Balaban J connectivity index is 3.21. The van der Waals surface area contributed by atoms with Gasteiger partial charge in [0.25, 0.3) is 9.05 Å². The molecule has 0 saturated heterocycles. The average Bonchev–Trinajstić information content (AvgIpc) is 1.78. The molecule has 6 heteroatoms. The lowest BCUT2D eigenvalue weighted by molar-refractivity contribution is 0.251. The van der Waals surface area contributed by atoms with Crippen LogP contribution in [0.25, 0.3) is 0 Å². The molecule has 0 bridgehead atoms. The van der Waals surface area contributed by atoms with Crippen molar-refractivity contribution in [1.29, 1.82) is 0 Å². The minimum absolute atomic E-state index is 0.0629. The summed E-state index contributed by atoms with van der Waals surface area (Å²) in [5.41, 5.74) is 0. The highest BCUT2D eigenvalue weighted by Crippen LogP contribution is 1.92. The lowest BCUT2D eigenvalue weighted by atomic mass is 10.3. The number of aliphatic hydroxyl groups is 1. The van der Waals surface area contributed by atoms with Crippen molar-refractivity contribution in [3.63, 3.8) is 0 Å². The smallest absolute Gasteiger partial charge is 0.266 e. The fraction of sp³-hybridized carbons (Fsp3) is 1.00. The molecular weight excluding hydrogens is 176 g/mol. The number of rotatable bonds is 5. The average molecular weight is 186 g/mol. The van der Waals surface area contributed by atoms with Crippen molar-refractivity contribution in [3.05, 3.63) is 0 Å². The minimum Gasteiger partial charge on any atom is -0.396 e. The number of unbranched alkanes of at least 4 members (excludes halogenated alkanes) is 1. The van der Waals surface area contributed by atoms with Gasteiger partial charge in [-0.3, -0.25) is 8.74 Å². The quantitative estimate of drug-likeness (QED) is 0.587. The van der Waals surface area contributed by atoms with Crippen LogP contribution in [0.3, 0.4) is 0 Å². The van der Waals surface area contributed by atoms with Gasteiger partial charge >= 0.3 is 0 Å². The molecule has 1 unspecified atom stereocenters. The molecule has 0 fully saturated rings. The third-order valence-corrected chi connectivity index (χ3v) is 1.54. The predicted octanol–water partition coefficient (Wildman–Crippen LogP) is -0.0902. The first-order valence-electron chi connectivity index (χ1n) is 2.79. The largest absolute Gasteiger partial charge is 0.396 e. The van der Waals surface area contributed by atoms with Gasteiger partial charge in [-0.2, -0.15) is 4.21 Å². The van der Waals surface area contributed by atoms with E-state index in [9.17, 15) is 4.21 Å². The Labute approximate surface area is 64.9 Å². The van der Waals surface area contributed by atoms with Gasteiger partial charge in [0.2, 0.25) is 0 Å². The highest BCUT2D eigenvalue weighted by atomic mass is 32.9. The molecule has 10 heavy (non-hydrogen) atoms. The maximum Gasteiger partial charge on any atom is 0.266 e. The number of aliphatic hydroxyl groups excluding tert-OH is 1. The Morgan fingerprint density at radius 2 is 2.10 bits per heavy atom. The summed E-state index contributed by atoms with van der Waals surface area (Å²) in [7, 11) is -3.45. The molecule has 0 saturated carbocycles. The van der Waals surface area contributed by atoms with Crippen LogP contribution in [-0.4, -0.2) is 27.1 Å². The van der Waals surface area contributed by atoms with Crippen LogP contribution in [0.1, 0.15) is 12.8 Å². The highest BCUT2D eigenvalue weighted by Gasteiger charge is 1.97. The molecule has 62 valence electrons. The molecule has 0 aromatic heterocycles. The molecule has 2 N–H and O–H groups in total. The maximum atomic E-state index is 10.2. The van der Waals surface area contributed by atoms with Gasteiger partial charge in [-0.15, -0.1) is 0 Å². The Kier molecular flexibility index (Phi) is 5.10. The second-order valence-corrected chi connectivity index (χ2v) is 4.04. The number of hydrogen-bond donors (Lipinski definition) is 2. The maximum absolute atomic E-state index is 10.2. The topological polar surface area (TPSA) is 66.8 Å². The van der Waals surface area contributed by atoms with Crippen molar-refractivity contribution in [3.8, 4) is 0 Å². The first kappa shape index (κ1) is 10.2. The lowest BCUT2D eigenvalue weighted by Gasteiger charge is -1.99. The van der Waals surface area contributed by atoms with E-state index in [0.29, 0.717) is 12.8 Å². The van der Waals surface area contributed by atoms with Crippen LogP contribution in [0.15, 0.2) is 0 Å². The molecule has 1 atom stereocenters. The van der Waals surface area contributed by atoms with Crippen LogP contribution in [0.5, 0.6) is 0 Å². The van der Waals surface area contributed by atoms with Crippen LogP contribution in [0.4, 0.5) is 0 Å². The van der Waals surface area contributed by atoms with Gasteiger partial charge in [0.15, 0.2) is 0 Å². The van der Waals surface area contributed by atoms with E-state index in [2.05, 4.69) is 15.4 Å². The number of hydrogen-bond acceptors (Lipinski definition) is 4. The van der Waals surface area contributed by atoms with Crippen molar-refractivity contribution in [2.24, 2.45) is 0 Å². The summed E-state index contributed by atoms with van der Waals surface area (Å²) >= 11 is 4.03. The van der Waals surface area contributed by atoms with Crippen LogP contribution in [0.2, 0.25) is 0 Å². The third-order valence-electron chi connectivity index (χ3n) is 0.785. The fourth-order valence-corrected chi connectivity index (χ4v) is 0.911. The molecule has 0 spiro atoms. The van der Waals surface area contributed by atoms with Gasteiger partial charge in [-0.1, -0.05) is 0 Å². The Bertz CT molecular complexity index is 162. The first-order chi connectivity index (χ1) is 4.56. The highest BCUT2D eigenvalue weighted by molar-refractivity contribution is 8.27. The molecule has 0 aliphatic carbocycles. The molecule has 0 aromatic rings. The van der Waals surface area contributed by atoms with Gasteiger partial charge in [0, 0.05) is 17.8 Å². The predicted molar refractivity (Wildman–Crippen MR) is 40.4 cm³/mol. The van der Waals surface area contributed by atoms with Crippen LogP contribution < -0.4 is 0 Å². The van der Waals surface area contributed by atoms with Gasteiger partial charge < -0.3 is 5.11 Å². The van der Waals surface area contributed by atoms with E-state index < -0.39 is 9.05 Å². The van der Waals surface area contributed by atoms with Crippen molar-refractivity contribution < 1.29 is 18.1 Å². The summed E-state index contributed by atoms with van der Waals surface area (Å²) < 4.78 is 22.9. The van der Waals surface area contributed by atoms with Crippen molar-refractivity contribution in [1.82, 2.24) is 0 Å². The van der Waals surface area contributed by atoms with E-state index in [1.54, 1.807) is 0 Å².